The summed E-state index contributed by atoms with van der Waals surface area (Å²) >= 11 is 0. The first-order valence-electron chi connectivity index (χ1n) is 42.9. The molecule has 0 saturated carbocycles. The molecule has 3 aliphatic rings. The number of carbonyl (C=O) groups is 12. The van der Waals surface area contributed by atoms with E-state index in [1.807, 2.05) is 0 Å². The molecule has 142 heavy (non-hydrogen) atoms. The van der Waals surface area contributed by atoms with E-state index in [-0.39, 0.29) is 19.3 Å². The summed E-state index contributed by atoms with van der Waals surface area (Å²) < 4.78 is 236. The number of cyclic esters (lactones) is 4. The number of esters is 4. The fourth-order valence-electron chi connectivity index (χ4n) is 15.0. The van der Waals surface area contributed by atoms with E-state index in [0.29, 0.717) is 16.7 Å². The maximum atomic E-state index is 14.8. The number of aromatic nitrogens is 3. The van der Waals surface area contributed by atoms with E-state index in [2.05, 4.69) is 52.2 Å². The van der Waals surface area contributed by atoms with Gasteiger partial charge in [0.1, 0.15) is 65.8 Å². The number of ether oxygens (including phenoxy) is 4. The second-order valence-corrected chi connectivity index (χ2v) is 32.9. The standard InChI is InChI=1S/C32H31F5N4O7.C31H29F5N4O7.C31H28F5N3O8/c1-14-28(43)18(13-17-21(33)23(35)25(37)24(36)22(17)34)39-29(44)26(40-30(45)27-20(42)10-7-11-38-27)15(2)48-32(47)19(41(3)31(14)46)12-16-8-5-4-6-9-16;1-13-27(42)17(12-16-20(32)22(34)24(36)23(35)21(16)33)38-29(44)25(40-30(45)26-19(41)9-6-10-37-26)14(2)47-31(46)18(39-28(13)43)11-15-7-4-3-5-8-15;1-13-27(41)17(12-16-20(32)22(34)24(36)23(35)21(16)33)38-28(42)25(39-29(43)26-18(40)9-6-10-37-26)14(2)46-31(45)19(47-30(13)44)11-15-7-4-3-5-8-15/h4-11,14-15,18-19,26,28,42-43H,12-13H2,1-3H3,(H,39,44)(H,40,45);3-10,13-14,17-18,25,27,41-42H,11-12H2,1-2H3,(H,38,44)(H,39,43)(H,40,45);3-10,13-14,17,19,25,27,40-41H,11-12H2,1-2H3,(H,38,42)(H,39,43)/t14-,15-,18+,19?,26+,28+;13-,14-,17+,18?,25+,27+;13-,14-,17+,19?,25+,27+/m111/s1. The predicted molar refractivity (Wildman–Crippen MR) is 458 cm³/mol. The number of aliphatic hydroxyl groups excluding tert-OH is 3. The van der Waals surface area contributed by atoms with Crippen molar-refractivity contribution in [2.24, 2.45) is 17.8 Å². The van der Waals surface area contributed by atoms with Gasteiger partial charge in [-0.2, -0.15) is 0 Å². The lowest BCUT2D eigenvalue weighted by atomic mass is 9.90. The van der Waals surface area contributed by atoms with E-state index in [9.17, 15) is 154 Å². The highest BCUT2D eigenvalue weighted by atomic mass is 19.2. The molecule has 33 nitrogen and oxygen atoms in total. The molecule has 0 spiro atoms. The molecule has 18 atom stereocenters. The summed E-state index contributed by atoms with van der Waals surface area (Å²) in [5.41, 5.74) is -4.16. The minimum absolute atomic E-state index is 0.101. The quantitative estimate of drug-likeness (QED) is 0.0140. The highest BCUT2D eigenvalue weighted by Gasteiger charge is 2.47. The second kappa shape index (κ2) is 47.5. The van der Waals surface area contributed by atoms with Crippen LogP contribution in [0.4, 0.5) is 65.9 Å². The molecule has 48 heteroatoms. The third kappa shape index (κ3) is 25.4. The van der Waals surface area contributed by atoms with Crippen LogP contribution in [0.15, 0.2) is 146 Å². The van der Waals surface area contributed by atoms with Gasteiger partial charge in [-0.3, -0.25) is 43.2 Å². The molecular formula is C94H88F15N11O22. The van der Waals surface area contributed by atoms with Crippen molar-refractivity contribution in [3.05, 3.63) is 284 Å². The Balaban J connectivity index is 0.000000219. The number of aliphatic hydroxyl groups is 3. The number of benzene rings is 6. The fraction of sp³-hybridized carbons (Fsp3) is 0.330. The Morgan fingerprint density at radius 1 is 0.331 bits per heavy atom. The molecule has 13 N–H and O–H groups in total. The van der Waals surface area contributed by atoms with Crippen molar-refractivity contribution >= 4 is 71.1 Å². The van der Waals surface area contributed by atoms with E-state index < -0.39 is 337 Å². The Bertz CT molecular complexity index is 5910. The number of nitrogens with zero attached hydrogens (tertiary/aromatic N) is 4. The summed E-state index contributed by atoms with van der Waals surface area (Å²) in [6.07, 6.45) is -13.2. The molecule has 0 aliphatic carbocycles. The Morgan fingerprint density at radius 3 is 0.951 bits per heavy atom. The fourth-order valence-corrected chi connectivity index (χ4v) is 15.0. The number of rotatable bonds is 18. The zero-order valence-corrected chi connectivity index (χ0v) is 75.2. The molecule has 3 aliphatic heterocycles. The average Bonchev–Trinajstić information content (AvgIpc) is 0.790. The van der Waals surface area contributed by atoms with Crippen molar-refractivity contribution in [3.63, 3.8) is 0 Å². The van der Waals surface area contributed by atoms with Crippen LogP contribution in [0.1, 0.15) is 106 Å². The van der Waals surface area contributed by atoms with Crippen LogP contribution < -0.4 is 37.2 Å². The van der Waals surface area contributed by atoms with Crippen molar-refractivity contribution in [1.29, 1.82) is 0 Å². The molecule has 9 aromatic rings. The van der Waals surface area contributed by atoms with E-state index in [0.717, 1.165) is 62.5 Å². The number of nitrogens with one attached hydrogen (secondary N) is 7. The van der Waals surface area contributed by atoms with Gasteiger partial charge in [0.15, 0.2) is 86.9 Å². The van der Waals surface area contributed by atoms with Crippen molar-refractivity contribution in [2.75, 3.05) is 7.05 Å². The van der Waals surface area contributed by atoms with E-state index >= 15 is 0 Å². The van der Waals surface area contributed by atoms with Gasteiger partial charge in [0, 0.05) is 80.9 Å². The predicted octanol–water partition coefficient (Wildman–Crippen LogP) is 6.70. The van der Waals surface area contributed by atoms with Gasteiger partial charge in [-0.25, -0.2) is 95.2 Å². The maximum Gasteiger partial charge on any atom is 0.348 e. The van der Waals surface area contributed by atoms with Crippen molar-refractivity contribution in [2.45, 2.75) is 171 Å². The Kier molecular flexibility index (Phi) is 36.4. The van der Waals surface area contributed by atoms with Gasteiger partial charge in [0.25, 0.3) is 17.7 Å². The van der Waals surface area contributed by atoms with Gasteiger partial charge < -0.3 is 91.7 Å². The SMILES string of the molecule is C[C@H]1OC(=O)C(Cc2ccccc2)N(C)C(=O)[C@H](C)[C@H](O)[C@H](Cc2c(F)c(F)c(F)c(F)c2F)NC(=O)[C@H]1NC(=O)c1ncccc1O.C[C@H]1OC(=O)C(Cc2ccccc2)NC(=O)[C@H](C)[C@H](O)[C@H](Cc2c(F)c(F)c(F)c(F)c2F)NC(=O)[C@H]1NC(=O)c1ncccc1O.C[C@H]1OC(=O)C(Cc2ccccc2)OC(=O)[C@H](C)[C@H](O)[C@H](Cc2c(F)c(F)c(F)c(F)c2F)NC(=O)[C@H]1NC(=O)c1ncccc1O. The topological polar surface area (TPSA) is 489 Å². The molecular weight excluding hydrogens is 1920 g/mol. The molecule has 8 amide bonds. The van der Waals surface area contributed by atoms with Gasteiger partial charge in [0.2, 0.25) is 53.1 Å². The smallest absolute Gasteiger partial charge is 0.348 e. The lowest BCUT2D eigenvalue weighted by Crippen LogP contribution is -2.61. The number of halogens is 15. The van der Waals surface area contributed by atoms with Crippen LogP contribution in [0.5, 0.6) is 17.2 Å². The van der Waals surface area contributed by atoms with E-state index in [1.165, 1.54) is 46.0 Å². The van der Waals surface area contributed by atoms with Gasteiger partial charge in [-0.1, -0.05) is 105 Å². The minimum Gasteiger partial charge on any atom is -0.505 e. The van der Waals surface area contributed by atoms with Crippen LogP contribution in [0.3, 0.4) is 0 Å². The summed E-state index contributed by atoms with van der Waals surface area (Å²) in [6.45, 7) is 6.93. The number of likely N-dealkylation sites (N-methyl/N-ethyl adjacent to an activating group) is 1. The van der Waals surface area contributed by atoms with Crippen LogP contribution in [-0.4, -0.2) is 220 Å². The molecule has 3 aromatic heterocycles. The Hall–Kier alpha value is -15.4. The van der Waals surface area contributed by atoms with Crippen molar-refractivity contribution in [3.8, 4) is 17.2 Å². The summed E-state index contributed by atoms with van der Waals surface area (Å²) in [5, 5.41) is 79.7. The van der Waals surface area contributed by atoms with E-state index in [4.69, 9.17) is 18.9 Å². The molecule has 6 aromatic carbocycles. The Morgan fingerprint density at radius 2 is 0.620 bits per heavy atom. The monoisotopic (exact) mass is 2010 g/mol. The largest absolute Gasteiger partial charge is 0.505 e. The molecule has 0 bridgehead atoms. The average molecular weight is 2010 g/mol. The number of carbonyl (C=O) groups excluding carboxylic acids is 12. The van der Waals surface area contributed by atoms with Gasteiger partial charge >= 0.3 is 23.9 Å². The lowest BCUT2D eigenvalue weighted by Gasteiger charge is -2.36. The van der Waals surface area contributed by atoms with Gasteiger partial charge in [-0.15, -0.1) is 0 Å². The molecule has 6 heterocycles. The molecule has 3 fully saturated rings. The highest BCUT2D eigenvalue weighted by molar-refractivity contribution is 6.01. The van der Waals surface area contributed by atoms with Crippen molar-refractivity contribution < 1.29 is 173 Å². The number of pyridine rings is 3. The summed E-state index contributed by atoms with van der Waals surface area (Å²) in [5.74, 6) is -54.3. The third-order valence-electron chi connectivity index (χ3n) is 23.2. The molecule has 756 valence electrons. The highest BCUT2D eigenvalue weighted by Crippen LogP contribution is 2.33. The first-order valence-corrected chi connectivity index (χ1v) is 42.9. The first-order chi connectivity index (χ1) is 67.0. The lowest BCUT2D eigenvalue weighted by molar-refractivity contribution is -0.177. The Labute approximate surface area is 794 Å². The van der Waals surface area contributed by atoms with Crippen molar-refractivity contribution in [1.82, 2.24) is 57.1 Å². The van der Waals surface area contributed by atoms with Crippen LogP contribution in [-0.2, 0) is 101 Å². The second-order valence-electron chi connectivity index (χ2n) is 32.9. The minimum atomic E-state index is -2.44. The van der Waals surface area contributed by atoms with Gasteiger partial charge in [-0.05, 0) is 80.8 Å². The van der Waals surface area contributed by atoms with Crippen LogP contribution in [0.2, 0.25) is 0 Å². The third-order valence-corrected chi connectivity index (χ3v) is 23.2. The molecule has 3 saturated heterocycles. The number of hydrogen-bond donors (Lipinski definition) is 13. The summed E-state index contributed by atoms with van der Waals surface area (Å²) in [4.78, 5) is 172. The number of amides is 8. The zero-order chi connectivity index (χ0) is 105. The first kappa shape index (κ1) is 109. The normalized spacial score (nSPS) is 23.9. The van der Waals surface area contributed by atoms with Gasteiger partial charge in [0.05, 0.1) is 54.2 Å². The summed E-state index contributed by atoms with van der Waals surface area (Å²) in [7, 11) is 1.23. The van der Waals surface area contributed by atoms with Crippen LogP contribution in [0, 0.1) is 105 Å². The maximum absolute atomic E-state index is 14.8. The van der Waals surface area contributed by atoms with Crippen LogP contribution >= 0.6 is 0 Å². The number of aromatic hydroxyl groups is 3. The number of hydrogen-bond acceptors (Lipinski definition) is 25. The summed E-state index contributed by atoms with van der Waals surface area (Å²) in [6, 6.07) is 18.1. The molecule has 3 unspecified atom stereocenters. The molecule has 0 radical (unpaired) electrons. The molecule has 12 rings (SSSR count). The van der Waals surface area contributed by atoms with E-state index in [1.54, 1.807) is 91.0 Å². The van der Waals surface area contributed by atoms with Crippen LogP contribution in [0.25, 0.3) is 0 Å². The zero-order valence-electron chi connectivity index (χ0n) is 75.2.